The molecule has 0 N–H and O–H groups in total. The van der Waals surface area contributed by atoms with Gasteiger partial charge in [0.25, 0.3) is 0 Å². The summed E-state index contributed by atoms with van der Waals surface area (Å²) in [4.78, 5) is 26.2. The second kappa shape index (κ2) is 10.7. The third-order valence-corrected chi connectivity index (χ3v) is 6.22. The number of ether oxygens (including phenoxy) is 1. The van der Waals surface area contributed by atoms with Gasteiger partial charge in [-0.3, -0.25) is 14.7 Å². The van der Waals surface area contributed by atoms with Crippen LogP contribution >= 0.6 is 11.3 Å². The number of carbonyl (C=O) groups is 1. The fourth-order valence-corrected chi connectivity index (χ4v) is 4.41. The lowest BCUT2D eigenvalue weighted by Crippen LogP contribution is -2.39. The molecule has 1 aliphatic heterocycles. The maximum absolute atomic E-state index is 13.2. The van der Waals surface area contributed by atoms with Gasteiger partial charge in [0.2, 0.25) is 5.91 Å². The van der Waals surface area contributed by atoms with Crippen LogP contribution < -0.4 is 0 Å². The Labute approximate surface area is 186 Å². The van der Waals surface area contributed by atoms with Gasteiger partial charge in [0.15, 0.2) is 10.8 Å². The molecule has 4 rings (SSSR count). The van der Waals surface area contributed by atoms with Crippen molar-refractivity contribution in [2.24, 2.45) is 0 Å². The van der Waals surface area contributed by atoms with Crippen LogP contribution in [-0.4, -0.2) is 65.1 Å². The van der Waals surface area contributed by atoms with Crippen LogP contribution in [0.4, 0.5) is 0 Å². The molecule has 0 atom stereocenters. The minimum absolute atomic E-state index is 0.0891. The van der Waals surface area contributed by atoms with E-state index in [0.717, 1.165) is 67.1 Å². The van der Waals surface area contributed by atoms with Crippen molar-refractivity contribution in [2.75, 3.05) is 39.4 Å². The Bertz CT molecular complexity index is 966. The second-order valence-corrected chi connectivity index (χ2v) is 8.57. The van der Waals surface area contributed by atoms with Gasteiger partial charge < -0.3 is 14.1 Å². The average molecular weight is 441 g/mol. The Morgan fingerprint density at radius 3 is 2.74 bits per heavy atom. The lowest BCUT2D eigenvalue weighted by atomic mass is 10.2. The first-order chi connectivity index (χ1) is 15.2. The van der Waals surface area contributed by atoms with Gasteiger partial charge in [0.05, 0.1) is 25.3 Å². The topological polar surface area (TPSA) is 71.7 Å². The first-order valence-corrected chi connectivity index (χ1v) is 11.5. The molecular weight excluding hydrogens is 412 g/mol. The van der Waals surface area contributed by atoms with Gasteiger partial charge in [-0.15, -0.1) is 11.3 Å². The highest BCUT2D eigenvalue weighted by Crippen LogP contribution is 2.26. The molecule has 8 heteroatoms. The Hall–Kier alpha value is -2.55. The van der Waals surface area contributed by atoms with E-state index in [-0.39, 0.29) is 5.91 Å². The molecule has 0 aliphatic carbocycles. The predicted molar refractivity (Wildman–Crippen MR) is 120 cm³/mol. The van der Waals surface area contributed by atoms with Gasteiger partial charge in [0, 0.05) is 50.5 Å². The summed E-state index contributed by atoms with van der Waals surface area (Å²) in [6.07, 6.45) is 4.76. The Morgan fingerprint density at radius 2 is 2.00 bits per heavy atom. The highest BCUT2D eigenvalue weighted by Gasteiger charge is 2.18. The molecular formula is C23H28N4O3S. The smallest absolute Gasteiger partial charge is 0.228 e. The maximum atomic E-state index is 13.2. The normalized spacial score (nSPS) is 14.6. The molecule has 0 aromatic carbocycles. The molecule has 4 heterocycles. The zero-order valence-corrected chi connectivity index (χ0v) is 18.6. The number of furan rings is 1. The summed E-state index contributed by atoms with van der Waals surface area (Å²) in [5.74, 6) is 1.69. The van der Waals surface area contributed by atoms with Crippen molar-refractivity contribution in [3.63, 3.8) is 0 Å². The molecule has 1 aliphatic rings. The fourth-order valence-electron chi connectivity index (χ4n) is 3.63. The summed E-state index contributed by atoms with van der Waals surface area (Å²) >= 11 is 1.51. The first-order valence-electron chi connectivity index (χ1n) is 10.7. The second-order valence-electron chi connectivity index (χ2n) is 7.71. The number of amides is 1. The highest BCUT2D eigenvalue weighted by atomic mass is 32.1. The lowest BCUT2D eigenvalue weighted by Gasteiger charge is -2.28. The molecule has 1 fully saturated rings. The van der Waals surface area contributed by atoms with E-state index in [1.165, 1.54) is 11.3 Å². The summed E-state index contributed by atoms with van der Waals surface area (Å²) in [6, 6.07) is 7.76. The molecule has 0 saturated carbocycles. The molecule has 164 valence electrons. The van der Waals surface area contributed by atoms with Gasteiger partial charge in [-0.25, -0.2) is 4.98 Å². The summed E-state index contributed by atoms with van der Waals surface area (Å²) in [7, 11) is 0. The Balaban J connectivity index is 1.38. The Morgan fingerprint density at radius 1 is 1.19 bits per heavy atom. The third-order valence-electron chi connectivity index (χ3n) is 5.32. The molecule has 3 aromatic heterocycles. The molecule has 0 spiro atoms. The maximum Gasteiger partial charge on any atom is 0.228 e. The van der Waals surface area contributed by atoms with Gasteiger partial charge >= 0.3 is 0 Å². The van der Waals surface area contributed by atoms with E-state index < -0.39 is 0 Å². The molecule has 7 nitrogen and oxygen atoms in total. The number of pyridine rings is 1. The van der Waals surface area contributed by atoms with Gasteiger partial charge in [-0.05, 0) is 43.2 Å². The van der Waals surface area contributed by atoms with E-state index in [2.05, 4.69) is 14.9 Å². The minimum Gasteiger partial charge on any atom is -0.459 e. The van der Waals surface area contributed by atoms with Crippen LogP contribution in [0.1, 0.15) is 23.4 Å². The number of aryl methyl sites for hydroxylation is 1. The average Bonchev–Trinajstić information content (AvgIpc) is 3.43. The van der Waals surface area contributed by atoms with Crippen LogP contribution in [0.15, 0.2) is 46.5 Å². The van der Waals surface area contributed by atoms with Crippen molar-refractivity contribution in [1.29, 1.82) is 0 Å². The highest BCUT2D eigenvalue weighted by molar-refractivity contribution is 7.13. The third kappa shape index (κ3) is 6.22. The van der Waals surface area contributed by atoms with Crippen molar-refractivity contribution in [3.05, 3.63) is 59.1 Å². The van der Waals surface area contributed by atoms with Crippen molar-refractivity contribution in [2.45, 2.75) is 26.3 Å². The molecule has 1 saturated heterocycles. The van der Waals surface area contributed by atoms with Crippen LogP contribution in [0, 0.1) is 6.92 Å². The van der Waals surface area contributed by atoms with E-state index in [1.807, 2.05) is 41.5 Å². The number of morpholine rings is 1. The molecule has 0 bridgehead atoms. The minimum atomic E-state index is 0.0891. The van der Waals surface area contributed by atoms with E-state index in [1.54, 1.807) is 12.4 Å². The lowest BCUT2D eigenvalue weighted by molar-refractivity contribution is -0.131. The van der Waals surface area contributed by atoms with E-state index >= 15 is 0 Å². The SMILES string of the molecule is Cc1ccc(-c2nc(CC(=O)N(CCCN3CCOCC3)Cc3ccncc3)cs2)o1. The molecule has 1 amide bonds. The van der Waals surface area contributed by atoms with Crippen LogP contribution in [0.25, 0.3) is 10.8 Å². The number of thiazole rings is 1. The van der Waals surface area contributed by atoms with Crippen LogP contribution in [0.3, 0.4) is 0 Å². The monoisotopic (exact) mass is 440 g/mol. The van der Waals surface area contributed by atoms with Gasteiger partial charge in [0.1, 0.15) is 5.76 Å². The largest absolute Gasteiger partial charge is 0.459 e. The van der Waals surface area contributed by atoms with Crippen molar-refractivity contribution >= 4 is 17.2 Å². The van der Waals surface area contributed by atoms with E-state index in [0.29, 0.717) is 19.5 Å². The first kappa shape index (κ1) is 21.7. The Kier molecular flexibility index (Phi) is 7.45. The quantitative estimate of drug-likeness (QED) is 0.508. The van der Waals surface area contributed by atoms with Crippen LogP contribution in [-0.2, 0) is 22.5 Å². The van der Waals surface area contributed by atoms with Crippen molar-refractivity contribution < 1.29 is 13.9 Å². The van der Waals surface area contributed by atoms with Gasteiger partial charge in [-0.2, -0.15) is 0 Å². The predicted octanol–water partition coefficient (Wildman–Crippen LogP) is 3.40. The summed E-state index contributed by atoms with van der Waals surface area (Å²) < 4.78 is 11.1. The van der Waals surface area contributed by atoms with Gasteiger partial charge in [-0.1, -0.05) is 0 Å². The number of hydrogen-bond donors (Lipinski definition) is 0. The van der Waals surface area contributed by atoms with Crippen LogP contribution in [0.2, 0.25) is 0 Å². The molecule has 31 heavy (non-hydrogen) atoms. The van der Waals surface area contributed by atoms with Crippen LogP contribution in [0.5, 0.6) is 0 Å². The fraction of sp³-hybridized carbons (Fsp3) is 0.435. The number of hydrogen-bond acceptors (Lipinski definition) is 7. The summed E-state index contributed by atoms with van der Waals surface area (Å²) in [6.45, 7) is 7.70. The number of aromatic nitrogens is 2. The standard InChI is InChI=1S/C23H28N4O3S/c1-18-3-4-21(30-18)23-25-20(17-31-23)15-22(28)27(16-19-5-7-24-8-6-19)10-2-9-26-11-13-29-14-12-26/h3-8,17H,2,9-16H2,1H3. The zero-order chi connectivity index (χ0) is 21.5. The van der Waals surface area contributed by atoms with E-state index in [4.69, 9.17) is 9.15 Å². The molecule has 0 radical (unpaired) electrons. The number of rotatable bonds is 9. The van der Waals surface area contributed by atoms with E-state index in [9.17, 15) is 4.79 Å². The summed E-state index contributed by atoms with van der Waals surface area (Å²) in [5.41, 5.74) is 1.87. The van der Waals surface area contributed by atoms with Crippen molar-refractivity contribution in [3.8, 4) is 10.8 Å². The van der Waals surface area contributed by atoms with Crippen molar-refractivity contribution in [1.82, 2.24) is 19.8 Å². The molecule has 3 aromatic rings. The summed E-state index contributed by atoms with van der Waals surface area (Å²) in [5, 5.41) is 2.76. The zero-order valence-electron chi connectivity index (χ0n) is 17.8. The molecule has 0 unspecified atom stereocenters. The number of nitrogens with zero attached hydrogens (tertiary/aromatic N) is 4. The number of carbonyl (C=O) groups excluding carboxylic acids is 1.